The third-order valence-electron chi connectivity index (χ3n) is 5.65. The highest BCUT2D eigenvalue weighted by Gasteiger charge is 2.30. The molecular weight excluding hydrogens is 386 g/mol. The molecule has 7 heteroatoms. The Morgan fingerprint density at radius 1 is 1.10 bits per heavy atom. The second-order valence-electron chi connectivity index (χ2n) is 7.90. The minimum absolute atomic E-state index is 0.0460. The minimum atomic E-state index is -0.0460. The van der Waals surface area contributed by atoms with Gasteiger partial charge in [-0.2, -0.15) is 0 Å². The van der Waals surface area contributed by atoms with Crippen LogP contribution in [0.4, 0.5) is 0 Å². The summed E-state index contributed by atoms with van der Waals surface area (Å²) < 4.78 is 3.60. The lowest BCUT2D eigenvalue weighted by atomic mass is 10.1. The molecule has 5 rings (SSSR count). The van der Waals surface area contributed by atoms with Crippen LogP contribution < -0.4 is 5.56 Å². The first-order valence-corrected chi connectivity index (χ1v) is 10.2. The smallest absolute Gasteiger partial charge is 0.262 e. The molecule has 0 amide bonds. The summed E-state index contributed by atoms with van der Waals surface area (Å²) in [5.74, 6) is 1.42. The molecule has 6 nitrogen and oxygen atoms in total. The normalized spacial score (nSPS) is 14.3. The Hall–Kier alpha value is -2.70. The van der Waals surface area contributed by atoms with Crippen LogP contribution in [0.5, 0.6) is 0 Å². The fourth-order valence-corrected chi connectivity index (χ4v) is 4.05. The van der Waals surface area contributed by atoms with E-state index in [0.717, 1.165) is 28.5 Å². The largest absolute Gasteiger partial charge is 0.289 e. The second kappa shape index (κ2) is 6.97. The Kier molecular flexibility index (Phi) is 4.41. The highest BCUT2D eigenvalue weighted by atomic mass is 35.5. The maximum Gasteiger partial charge on any atom is 0.262 e. The van der Waals surface area contributed by atoms with Crippen LogP contribution in [0, 0.1) is 6.92 Å². The molecule has 29 heavy (non-hydrogen) atoms. The zero-order valence-electron chi connectivity index (χ0n) is 16.5. The van der Waals surface area contributed by atoms with Crippen molar-refractivity contribution in [2.45, 2.75) is 38.9 Å². The van der Waals surface area contributed by atoms with Gasteiger partial charge in [0.1, 0.15) is 0 Å². The van der Waals surface area contributed by atoms with Gasteiger partial charge >= 0.3 is 0 Å². The Morgan fingerprint density at radius 2 is 1.86 bits per heavy atom. The topological polar surface area (TPSA) is 55.4 Å². The average Bonchev–Trinajstić information content (AvgIpc) is 3.48. The predicted octanol–water partition coefficient (Wildman–Crippen LogP) is 3.71. The van der Waals surface area contributed by atoms with Crippen LogP contribution in [-0.2, 0) is 20.1 Å². The molecule has 1 fully saturated rings. The van der Waals surface area contributed by atoms with Crippen molar-refractivity contribution in [1.29, 1.82) is 0 Å². The molecule has 0 radical (unpaired) electrons. The molecule has 2 aromatic carbocycles. The molecule has 4 aromatic rings. The Labute approximate surface area is 173 Å². The van der Waals surface area contributed by atoms with Gasteiger partial charge in [-0.1, -0.05) is 35.4 Å². The van der Waals surface area contributed by atoms with Crippen molar-refractivity contribution in [1.82, 2.24) is 24.1 Å². The van der Waals surface area contributed by atoms with Crippen molar-refractivity contribution in [3.8, 4) is 0 Å². The fraction of sp³-hybridized carbons (Fsp3) is 0.318. The molecule has 148 valence electrons. The lowest BCUT2D eigenvalue weighted by Crippen LogP contribution is -2.27. The Balaban J connectivity index is 1.58. The van der Waals surface area contributed by atoms with Gasteiger partial charge in [-0.05, 0) is 49.6 Å². The van der Waals surface area contributed by atoms with Crippen LogP contribution in [-0.4, -0.2) is 30.1 Å². The van der Waals surface area contributed by atoms with E-state index in [4.69, 9.17) is 11.6 Å². The van der Waals surface area contributed by atoms with Gasteiger partial charge < -0.3 is 0 Å². The van der Waals surface area contributed by atoms with Crippen molar-refractivity contribution in [2.24, 2.45) is 7.05 Å². The molecule has 0 bridgehead atoms. The molecule has 0 unspecified atom stereocenters. The minimum Gasteiger partial charge on any atom is -0.289 e. The molecule has 2 heterocycles. The van der Waals surface area contributed by atoms with Gasteiger partial charge in [-0.3, -0.25) is 18.7 Å². The van der Waals surface area contributed by atoms with Crippen LogP contribution >= 0.6 is 11.6 Å². The standard InChI is InChI=1S/C22H22ClN5O/c1-14-3-10-19-18(11-14)21(29)26(2)22-25-24-20(28(19)22)13-27(17-8-9-17)12-15-4-6-16(23)7-5-15/h3-7,10-11,17H,8-9,12-13H2,1-2H3. The third kappa shape index (κ3) is 3.32. The van der Waals surface area contributed by atoms with E-state index in [-0.39, 0.29) is 5.56 Å². The SMILES string of the molecule is Cc1ccc2c(c1)c(=O)n(C)c1nnc(CN(Cc3ccc(Cl)cc3)C3CC3)n21. The van der Waals surface area contributed by atoms with E-state index in [9.17, 15) is 4.79 Å². The van der Waals surface area contributed by atoms with Crippen LogP contribution in [0.1, 0.15) is 29.8 Å². The first kappa shape index (κ1) is 18.3. The number of aromatic nitrogens is 4. The maximum atomic E-state index is 12.8. The van der Waals surface area contributed by atoms with Gasteiger partial charge in [0.25, 0.3) is 5.56 Å². The number of rotatable bonds is 5. The van der Waals surface area contributed by atoms with Gasteiger partial charge in [0.2, 0.25) is 5.78 Å². The third-order valence-corrected chi connectivity index (χ3v) is 5.90. The lowest BCUT2D eigenvalue weighted by Gasteiger charge is -2.21. The Morgan fingerprint density at radius 3 is 2.59 bits per heavy atom. The number of fused-ring (bicyclic) bond motifs is 3. The number of nitrogens with zero attached hydrogens (tertiary/aromatic N) is 5. The number of aryl methyl sites for hydroxylation is 2. The Bertz CT molecular complexity index is 1270. The van der Waals surface area contributed by atoms with Crippen LogP contribution in [0.15, 0.2) is 47.3 Å². The van der Waals surface area contributed by atoms with E-state index >= 15 is 0 Å². The summed E-state index contributed by atoms with van der Waals surface area (Å²) in [5.41, 5.74) is 3.10. The summed E-state index contributed by atoms with van der Waals surface area (Å²) in [5, 5.41) is 10.2. The van der Waals surface area contributed by atoms with Gasteiger partial charge in [0.05, 0.1) is 17.4 Å². The van der Waals surface area contributed by atoms with Gasteiger partial charge in [-0.15, -0.1) is 10.2 Å². The van der Waals surface area contributed by atoms with E-state index in [1.54, 1.807) is 11.6 Å². The summed E-state index contributed by atoms with van der Waals surface area (Å²) >= 11 is 6.03. The summed E-state index contributed by atoms with van der Waals surface area (Å²) in [6, 6.07) is 14.5. The molecule has 0 spiro atoms. The summed E-state index contributed by atoms with van der Waals surface area (Å²) in [6.07, 6.45) is 2.39. The molecule has 1 aliphatic rings. The summed E-state index contributed by atoms with van der Waals surface area (Å²) in [6.45, 7) is 3.51. The number of halogens is 1. The van der Waals surface area contributed by atoms with Gasteiger partial charge in [-0.25, -0.2) is 0 Å². The predicted molar refractivity (Wildman–Crippen MR) is 114 cm³/mol. The van der Waals surface area contributed by atoms with Crippen LogP contribution in [0.3, 0.4) is 0 Å². The molecule has 1 saturated carbocycles. The van der Waals surface area contributed by atoms with Crippen molar-refractivity contribution >= 4 is 28.3 Å². The molecule has 0 atom stereocenters. The fourth-order valence-electron chi connectivity index (χ4n) is 3.92. The number of hydrogen-bond acceptors (Lipinski definition) is 4. The maximum absolute atomic E-state index is 12.8. The van der Waals surface area contributed by atoms with E-state index in [0.29, 0.717) is 23.8 Å². The van der Waals surface area contributed by atoms with Crippen LogP contribution in [0.2, 0.25) is 5.02 Å². The van der Waals surface area contributed by atoms with E-state index in [2.05, 4.69) is 27.2 Å². The van der Waals surface area contributed by atoms with Crippen molar-refractivity contribution in [2.75, 3.05) is 0 Å². The van der Waals surface area contributed by atoms with Gasteiger partial charge in [0, 0.05) is 24.7 Å². The van der Waals surface area contributed by atoms with Gasteiger partial charge in [0.15, 0.2) is 5.82 Å². The van der Waals surface area contributed by atoms with E-state index < -0.39 is 0 Å². The zero-order valence-corrected chi connectivity index (χ0v) is 17.2. The lowest BCUT2D eigenvalue weighted by molar-refractivity contribution is 0.239. The van der Waals surface area contributed by atoms with Crippen LogP contribution in [0.25, 0.3) is 16.7 Å². The first-order chi connectivity index (χ1) is 14.0. The summed E-state index contributed by atoms with van der Waals surface area (Å²) in [4.78, 5) is 15.2. The van der Waals surface area contributed by atoms with Crippen molar-refractivity contribution in [3.63, 3.8) is 0 Å². The highest BCUT2D eigenvalue weighted by Crippen LogP contribution is 2.30. The van der Waals surface area contributed by atoms with E-state index in [1.165, 1.54) is 18.4 Å². The molecule has 0 saturated heterocycles. The van der Waals surface area contributed by atoms with Crippen molar-refractivity contribution < 1.29 is 0 Å². The van der Waals surface area contributed by atoms with Crippen molar-refractivity contribution in [3.05, 3.63) is 74.8 Å². The summed E-state index contributed by atoms with van der Waals surface area (Å²) in [7, 11) is 1.75. The number of hydrogen-bond donors (Lipinski definition) is 0. The molecule has 1 aliphatic carbocycles. The monoisotopic (exact) mass is 407 g/mol. The molecule has 2 aromatic heterocycles. The first-order valence-electron chi connectivity index (χ1n) is 9.83. The highest BCUT2D eigenvalue weighted by molar-refractivity contribution is 6.30. The molecular formula is C22H22ClN5O. The zero-order chi connectivity index (χ0) is 20.1. The molecule has 0 aliphatic heterocycles. The second-order valence-corrected chi connectivity index (χ2v) is 8.34. The van der Waals surface area contributed by atoms with E-state index in [1.807, 2.05) is 41.7 Å². The molecule has 0 N–H and O–H groups in total. The average molecular weight is 408 g/mol. The number of benzene rings is 2. The quantitative estimate of drug-likeness (QED) is 0.506.